The van der Waals surface area contributed by atoms with E-state index in [1.54, 1.807) is 6.92 Å². The molecule has 2 aromatic carbocycles. The van der Waals surface area contributed by atoms with Crippen molar-refractivity contribution in [1.29, 1.82) is 5.26 Å². The number of nitrogens with zero attached hydrogens (tertiary/aromatic N) is 4. The number of nitriles is 1. The minimum absolute atomic E-state index is 0.0410. The number of carbonyl (C=O) groups is 1. The van der Waals surface area contributed by atoms with Crippen molar-refractivity contribution >= 4 is 65.3 Å². The molecule has 0 saturated carbocycles. The van der Waals surface area contributed by atoms with E-state index in [1.165, 1.54) is 24.3 Å². The summed E-state index contributed by atoms with van der Waals surface area (Å²) in [5.74, 6) is -0.366. The van der Waals surface area contributed by atoms with E-state index in [2.05, 4.69) is 26.0 Å². The average Bonchev–Trinajstić information content (AvgIpc) is 3.44. The number of hydrogen-bond acceptors (Lipinski definition) is 11. The topological polar surface area (TPSA) is 178 Å². The Morgan fingerprint density at radius 2 is 1.73 bits per heavy atom. The molecule has 0 amide bonds. The van der Waals surface area contributed by atoms with Crippen LogP contribution in [0.3, 0.4) is 0 Å². The zero-order valence-electron chi connectivity index (χ0n) is 19.1. The fraction of sp³-hybridized carbons (Fsp3) is 0.0417. The van der Waals surface area contributed by atoms with Crippen molar-refractivity contribution in [3.05, 3.63) is 75.6 Å². The number of aryl methyl sites for hydroxylation is 1. The van der Waals surface area contributed by atoms with E-state index < -0.39 is 15.8 Å². The summed E-state index contributed by atoms with van der Waals surface area (Å²) in [6.45, 7) is 1.71. The number of fused-ring (bicyclic) bond motifs is 1. The van der Waals surface area contributed by atoms with Gasteiger partial charge in [0.15, 0.2) is 0 Å². The molecule has 0 atom stereocenters. The second-order valence-electron chi connectivity index (χ2n) is 7.84. The summed E-state index contributed by atoms with van der Waals surface area (Å²) >= 11 is 2.17. The monoisotopic (exact) mass is 547 g/mol. The quantitative estimate of drug-likeness (QED) is 0.263. The Labute approximate surface area is 219 Å². The standard InChI is InChI=1S/C24H17N7O3S3/c1-12-29-30-24(35-12)31-37(33,34)15-9-7-14(8-10-15)20(32)21-19(26)18-17(13-5-3-2-4-6-13)16(11-25)22(27)28-23(18)36-21/h2-10H,26H2,1H3,(H2,27,28)(H,30,31). The largest absolute Gasteiger partial charge is 0.397 e. The van der Waals surface area contributed by atoms with Gasteiger partial charge >= 0.3 is 0 Å². The van der Waals surface area contributed by atoms with Crippen molar-refractivity contribution in [1.82, 2.24) is 15.2 Å². The van der Waals surface area contributed by atoms with Crippen LogP contribution < -0.4 is 16.2 Å². The van der Waals surface area contributed by atoms with Crippen LogP contribution in [-0.4, -0.2) is 29.4 Å². The van der Waals surface area contributed by atoms with Crippen LogP contribution in [0.25, 0.3) is 21.3 Å². The number of sulfonamides is 1. The molecule has 0 bridgehead atoms. The summed E-state index contributed by atoms with van der Waals surface area (Å²) < 4.78 is 27.7. The van der Waals surface area contributed by atoms with Gasteiger partial charge in [-0.25, -0.2) is 13.4 Å². The number of hydrogen-bond donors (Lipinski definition) is 3. The summed E-state index contributed by atoms with van der Waals surface area (Å²) in [4.78, 5) is 18.3. The number of carbonyl (C=O) groups excluding carboxylic acids is 1. The maximum Gasteiger partial charge on any atom is 0.263 e. The molecule has 5 rings (SSSR count). The molecule has 0 aliphatic rings. The van der Waals surface area contributed by atoms with Crippen LogP contribution in [-0.2, 0) is 10.0 Å². The Hall–Kier alpha value is -4.38. The highest BCUT2D eigenvalue weighted by molar-refractivity contribution is 7.93. The molecule has 5 aromatic rings. The van der Waals surface area contributed by atoms with Crippen molar-refractivity contribution in [2.45, 2.75) is 11.8 Å². The van der Waals surface area contributed by atoms with Crippen LogP contribution in [0.2, 0.25) is 0 Å². The second kappa shape index (κ2) is 9.25. The van der Waals surface area contributed by atoms with Crippen LogP contribution in [0.1, 0.15) is 25.8 Å². The van der Waals surface area contributed by atoms with Crippen LogP contribution >= 0.6 is 22.7 Å². The predicted molar refractivity (Wildman–Crippen MR) is 144 cm³/mol. The number of aromatic nitrogens is 3. The maximum absolute atomic E-state index is 13.4. The van der Waals surface area contributed by atoms with Crippen LogP contribution in [0.5, 0.6) is 0 Å². The average molecular weight is 548 g/mol. The molecule has 0 fully saturated rings. The lowest BCUT2D eigenvalue weighted by molar-refractivity contribution is 0.104. The summed E-state index contributed by atoms with van der Waals surface area (Å²) in [6, 6.07) is 16.7. The van der Waals surface area contributed by atoms with Crippen molar-refractivity contribution in [2.75, 3.05) is 16.2 Å². The highest BCUT2D eigenvalue weighted by Gasteiger charge is 2.25. The predicted octanol–water partition coefficient (Wildman–Crippen LogP) is 4.19. The molecule has 3 aromatic heterocycles. The van der Waals surface area contributed by atoms with Gasteiger partial charge in [0.25, 0.3) is 10.0 Å². The summed E-state index contributed by atoms with van der Waals surface area (Å²) in [5.41, 5.74) is 14.3. The van der Waals surface area contributed by atoms with E-state index in [0.717, 1.165) is 22.7 Å². The Morgan fingerprint density at radius 3 is 2.35 bits per heavy atom. The minimum Gasteiger partial charge on any atom is -0.397 e. The Balaban J connectivity index is 1.54. The van der Waals surface area contributed by atoms with E-state index in [1.807, 2.05) is 30.3 Å². The Morgan fingerprint density at radius 1 is 1.03 bits per heavy atom. The molecular formula is C24H17N7O3S3. The van der Waals surface area contributed by atoms with E-state index in [4.69, 9.17) is 11.5 Å². The molecule has 184 valence electrons. The van der Waals surface area contributed by atoms with Gasteiger partial charge in [-0.2, -0.15) is 5.26 Å². The first-order chi connectivity index (χ1) is 17.7. The molecule has 0 aliphatic heterocycles. The van der Waals surface area contributed by atoms with Gasteiger partial charge in [-0.15, -0.1) is 21.5 Å². The molecule has 3 heterocycles. The molecule has 37 heavy (non-hydrogen) atoms. The van der Waals surface area contributed by atoms with Crippen LogP contribution in [0.4, 0.5) is 16.6 Å². The van der Waals surface area contributed by atoms with E-state index in [-0.39, 0.29) is 37.5 Å². The van der Waals surface area contributed by atoms with Gasteiger partial charge in [-0.1, -0.05) is 41.7 Å². The lowest BCUT2D eigenvalue weighted by Gasteiger charge is -2.09. The third-order valence-electron chi connectivity index (χ3n) is 5.46. The van der Waals surface area contributed by atoms with Gasteiger partial charge in [0, 0.05) is 16.5 Å². The first-order valence-electron chi connectivity index (χ1n) is 10.6. The molecule has 10 nitrogen and oxygen atoms in total. The van der Waals surface area contributed by atoms with Crippen LogP contribution in [0, 0.1) is 18.3 Å². The van der Waals surface area contributed by atoms with Gasteiger partial charge in [0.2, 0.25) is 10.9 Å². The van der Waals surface area contributed by atoms with Crippen molar-refractivity contribution < 1.29 is 13.2 Å². The highest BCUT2D eigenvalue weighted by Crippen LogP contribution is 2.43. The highest BCUT2D eigenvalue weighted by atomic mass is 32.2. The molecule has 0 saturated heterocycles. The molecule has 0 unspecified atom stereocenters. The van der Waals surface area contributed by atoms with Gasteiger partial charge in [0.1, 0.15) is 32.2 Å². The van der Waals surface area contributed by atoms with Gasteiger partial charge in [-0.05, 0) is 36.8 Å². The van der Waals surface area contributed by atoms with Crippen LogP contribution in [0.15, 0.2) is 59.5 Å². The Bertz CT molecular complexity index is 1820. The number of ketones is 1. The normalized spacial score (nSPS) is 11.4. The molecular weight excluding hydrogens is 531 g/mol. The molecule has 0 spiro atoms. The number of nitrogens with two attached hydrogens (primary N) is 2. The number of nitrogen functional groups attached to an aromatic ring is 2. The van der Waals surface area contributed by atoms with E-state index in [0.29, 0.717) is 26.4 Å². The number of benzene rings is 2. The van der Waals surface area contributed by atoms with Crippen molar-refractivity contribution in [3.63, 3.8) is 0 Å². The summed E-state index contributed by atoms with van der Waals surface area (Å²) in [5, 5.41) is 18.5. The maximum atomic E-state index is 13.4. The molecule has 0 aliphatic carbocycles. The third kappa shape index (κ3) is 4.38. The van der Waals surface area contributed by atoms with Gasteiger partial charge in [-0.3, -0.25) is 9.52 Å². The first-order valence-corrected chi connectivity index (χ1v) is 13.8. The Kier molecular flexibility index (Phi) is 6.08. The number of rotatable bonds is 6. The lowest BCUT2D eigenvalue weighted by atomic mass is 9.97. The molecule has 0 radical (unpaired) electrons. The van der Waals surface area contributed by atoms with E-state index >= 15 is 0 Å². The molecule has 13 heteroatoms. The summed E-state index contributed by atoms with van der Waals surface area (Å²) in [7, 11) is -3.91. The zero-order chi connectivity index (χ0) is 26.3. The summed E-state index contributed by atoms with van der Waals surface area (Å²) in [6.07, 6.45) is 0. The number of anilines is 3. The second-order valence-corrected chi connectivity index (χ2v) is 11.7. The zero-order valence-corrected chi connectivity index (χ0v) is 21.5. The number of pyridine rings is 1. The smallest absolute Gasteiger partial charge is 0.263 e. The fourth-order valence-electron chi connectivity index (χ4n) is 3.77. The number of thiophene rings is 1. The first kappa shape index (κ1) is 24.3. The fourth-order valence-corrected chi connectivity index (χ4v) is 6.67. The van der Waals surface area contributed by atoms with Gasteiger partial charge < -0.3 is 11.5 Å². The van der Waals surface area contributed by atoms with Crippen molar-refractivity contribution in [3.8, 4) is 17.2 Å². The lowest BCUT2D eigenvalue weighted by Crippen LogP contribution is -2.13. The third-order valence-corrected chi connectivity index (χ3v) is 8.80. The SMILES string of the molecule is Cc1nnc(NS(=O)(=O)c2ccc(C(=O)c3sc4nc(N)c(C#N)c(-c5ccccc5)c4c3N)cc2)s1. The van der Waals surface area contributed by atoms with Crippen molar-refractivity contribution in [2.24, 2.45) is 0 Å². The van der Waals surface area contributed by atoms with E-state index in [9.17, 15) is 18.5 Å². The molecule has 5 N–H and O–H groups in total. The minimum atomic E-state index is -3.91. The number of nitrogens with one attached hydrogen (secondary N) is 1. The van der Waals surface area contributed by atoms with Gasteiger partial charge in [0.05, 0.1) is 10.6 Å².